The molecule has 2 amide bonds. The number of urea groups is 1. The van der Waals surface area contributed by atoms with Crippen LogP contribution in [0, 0.1) is 5.92 Å². The minimum atomic E-state index is -0.986. The maximum Gasteiger partial charge on any atom is 0.326 e. The first-order valence-electron chi connectivity index (χ1n) is 6.27. The van der Waals surface area contributed by atoms with Gasteiger partial charge in [0.15, 0.2) is 0 Å². The first-order valence-corrected chi connectivity index (χ1v) is 7.15. The molecule has 2 aromatic rings. The van der Waals surface area contributed by atoms with Crippen LogP contribution in [-0.4, -0.2) is 28.1 Å². The summed E-state index contributed by atoms with van der Waals surface area (Å²) in [6.45, 7) is 0. The highest BCUT2D eigenvalue weighted by molar-refractivity contribution is 7.16. The molecule has 1 atom stereocenters. The molecule has 1 aliphatic rings. The van der Waals surface area contributed by atoms with E-state index in [1.807, 2.05) is 12.1 Å². The fourth-order valence-corrected chi connectivity index (χ4v) is 2.77. The van der Waals surface area contributed by atoms with Crippen molar-refractivity contribution in [2.24, 2.45) is 5.92 Å². The minimum absolute atomic E-state index is 0.0576. The van der Waals surface area contributed by atoms with Crippen LogP contribution in [0.3, 0.4) is 0 Å². The summed E-state index contributed by atoms with van der Waals surface area (Å²) in [4.78, 5) is 27.1. The molecule has 0 radical (unpaired) electrons. The Bertz CT molecular complexity index is 666. The Kier molecular flexibility index (Phi) is 3.27. The Morgan fingerprint density at radius 1 is 1.40 bits per heavy atom. The van der Waals surface area contributed by atoms with E-state index in [0.29, 0.717) is 5.69 Å². The summed E-state index contributed by atoms with van der Waals surface area (Å²) in [5, 5.41) is 14.2. The molecular weight excluding hydrogens is 278 g/mol. The van der Waals surface area contributed by atoms with E-state index in [0.717, 1.165) is 23.1 Å². The highest BCUT2D eigenvalue weighted by Crippen LogP contribution is 2.32. The molecule has 0 spiro atoms. The monoisotopic (exact) mass is 291 g/mol. The number of hydrogen-bond donors (Lipinski definition) is 3. The SMILES string of the molecule is O=C(Nc1ccc2ncsc2c1)NC(C(=O)O)C1CC1. The normalized spacial score (nSPS) is 15.8. The molecule has 20 heavy (non-hydrogen) atoms. The van der Waals surface area contributed by atoms with Gasteiger partial charge in [-0.25, -0.2) is 14.6 Å². The van der Waals surface area contributed by atoms with E-state index in [9.17, 15) is 9.59 Å². The number of carboxylic acid groups (broad SMARTS) is 1. The number of benzene rings is 1. The number of rotatable bonds is 4. The van der Waals surface area contributed by atoms with Gasteiger partial charge in [0.05, 0.1) is 15.7 Å². The van der Waals surface area contributed by atoms with Crippen LogP contribution in [0.1, 0.15) is 12.8 Å². The van der Waals surface area contributed by atoms with Gasteiger partial charge in [-0.3, -0.25) is 0 Å². The van der Waals surface area contributed by atoms with Crippen LogP contribution in [0.2, 0.25) is 0 Å². The van der Waals surface area contributed by atoms with Gasteiger partial charge in [0, 0.05) is 5.69 Å². The Labute approximate surface area is 118 Å². The highest BCUT2D eigenvalue weighted by Gasteiger charge is 2.37. The Hall–Kier alpha value is -2.15. The molecule has 1 aromatic heterocycles. The Balaban J connectivity index is 1.66. The van der Waals surface area contributed by atoms with Gasteiger partial charge in [0.1, 0.15) is 6.04 Å². The number of anilines is 1. The summed E-state index contributed by atoms with van der Waals surface area (Å²) >= 11 is 1.49. The number of fused-ring (bicyclic) bond motifs is 1. The zero-order chi connectivity index (χ0) is 14.1. The van der Waals surface area contributed by atoms with Crippen molar-refractivity contribution in [3.05, 3.63) is 23.7 Å². The molecule has 104 valence electrons. The van der Waals surface area contributed by atoms with Crippen LogP contribution in [-0.2, 0) is 4.79 Å². The molecule has 1 saturated carbocycles. The molecule has 7 heteroatoms. The number of thiazole rings is 1. The summed E-state index contributed by atoms with van der Waals surface area (Å²) in [6.07, 6.45) is 1.70. The standard InChI is InChI=1S/C13H13N3O3S/c17-12(18)11(7-1-2-7)16-13(19)15-8-3-4-9-10(5-8)20-6-14-9/h3-7,11H,1-2H2,(H,17,18)(H2,15,16,19). The van der Waals surface area contributed by atoms with Crippen LogP contribution in [0.5, 0.6) is 0 Å². The summed E-state index contributed by atoms with van der Waals surface area (Å²) in [7, 11) is 0. The van der Waals surface area contributed by atoms with E-state index in [1.54, 1.807) is 11.6 Å². The van der Waals surface area contributed by atoms with E-state index in [-0.39, 0.29) is 5.92 Å². The zero-order valence-electron chi connectivity index (χ0n) is 10.5. The average molecular weight is 291 g/mol. The molecule has 1 aromatic carbocycles. The van der Waals surface area contributed by atoms with Gasteiger partial charge < -0.3 is 15.7 Å². The largest absolute Gasteiger partial charge is 0.480 e. The van der Waals surface area contributed by atoms with Crippen molar-refractivity contribution < 1.29 is 14.7 Å². The number of aromatic nitrogens is 1. The van der Waals surface area contributed by atoms with Crippen molar-refractivity contribution in [3.63, 3.8) is 0 Å². The molecular formula is C13H13N3O3S. The van der Waals surface area contributed by atoms with Crippen LogP contribution in [0.25, 0.3) is 10.2 Å². The highest BCUT2D eigenvalue weighted by atomic mass is 32.1. The lowest BCUT2D eigenvalue weighted by atomic mass is 10.2. The van der Waals surface area contributed by atoms with Gasteiger partial charge >= 0.3 is 12.0 Å². The second kappa shape index (κ2) is 5.09. The van der Waals surface area contributed by atoms with E-state index in [4.69, 9.17) is 5.11 Å². The van der Waals surface area contributed by atoms with E-state index in [1.165, 1.54) is 11.3 Å². The fraction of sp³-hybridized carbons (Fsp3) is 0.308. The molecule has 1 heterocycles. The van der Waals surface area contributed by atoms with Crippen LogP contribution >= 0.6 is 11.3 Å². The Morgan fingerprint density at radius 2 is 2.20 bits per heavy atom. The number of amides is 2. The number of nitrogens with zero attached hydrogens (tertiary/aromatic N) is 1. The molecule has 1 unspecified atom stereocenters. The third-order valence-electron chi connectivity index (χ3n) is 3.24. The number of carbonyl (C=O) groups excluding carboxylic acids is 1. The maximum absolute atomic E-state index is 11.8. The van der Waals surface area contributed by atoms with Gasteiger partial charge in [-0.05, 0) is 37.0 Å². The predicted molar refractivity (Wildman–Crippen MR) is 75.9 cm³/mol. The number of aliphatic carboxylic acids is 1. The first-order chi connectivity index (χ1) is 9.63. The molecule has 0 saturated heterocycles. The van der Waals surface area contributed by atoms with Crippen molar-refractivity contribution in [3.8, 4) is 0 Å². The lowest BCUT2D eigenvalue weighted by Gasteiger charge is -2.14. The summed E-state index contributed by atoms with van der Waals surface area (Å²) in [5.41, 5.74) is 3.24. The van der Waals surface area contributed by atoms with Gasteiger partial charge in [-0.1, -0.05) is 0 Å². The average Bonchev–Trinajstić information content (AvgIpc) is 3.13. The smallest absolute Gasteiger partial charge is 0.326 e. The Morgan fingerprint density at radius 3 is 2.90 bits per heavy atom. The van der Waals surface area contributed by atoms with Crippen LogP contribution < -0.4 is 10.6 Å². The molecule has 3 rings (SSSR count). The number of hydrogen-bond acceptors (Lipinski definition) is 4. The first kappa shape index (κ1) is 12.9. The van der Waals surface area contributed by atoms with Crippen molar-refractivity contribution >= 4 is 39.2 Å². The van der Waals surface area contributed by atoms with Crippen molar-refractivity contribution in [2.75, 3.05) is 5.32 Å². The van der Waals surface area contributed by atoms with Crippen molar-refractivity contribution in [2.45, 2.75) is 18.9 Å². The summed E-state index contributed by atoms with van der Waals surface area (Å²) in [5.74, 6) is -0.928. The molecule has 0 bridgehead atoms. The zero-order valence-corrected chi connectivity index (χ0v) is 11.3. The third kappa shape index (κ3) is 2.72. The molecule has 1 aliphatic carbocycles. The van der Waals surface area contributed by atoms with Crippen LogP contribution in [0.4, 0.5) is 10.5 Å². The fourth-order valence-electron chi connectivity index (χ4n) is 2.05. The second-order valence-electron chi connectivity index (χ2n) is 4.79. The van der Waals surface area contributed by atoms with Crippen molar-refractivity contribution in [1.82, 2.24) is 10.3 Å². The number of carbonyl (C=O) groups is 2. The van der Waals surface area contributed by atoms with Crippen molar-refractivity contribution in [1.29, 1.82) is 0 Å². The molecule has 0 aliphatic heterocycles. The number of carboxylic acids is 1. The minimum Gasteiger partial charge on any atom is -0.480 e. The lowest BCUT2D eigenvalue weighted by Crippen LogP contribution is -2.44. The summed E-state index contributed by atoms with van der Waals surface area (Å²) < 4.78 is 0.972. The quantitative estimate of drug-likeness (QED) is 0.806. The maximum atomic E-state index is 11.8. The van der Waals surface area contributed by atoms with E-state index >= 15 is 0 Å². The topological polar surface area (TPSA) is 91.3 Å². The summed E-state index contributed by atoms with van der Waals surface area (Å²) in [6, 6.07) is 4.08. The molecule has 3 N–H and O–H groups in total. The lowest BCUT2D eigenvalue weighted by molar-refractivity contribution is -0.139. The second-order valence-corrected chi connectivity index (χ2v) is 5.67. The van der Waals surface area contributed by atoms with Gasteiger partial charge in [0.25, 0.3) is 0 Å². The molecule has 6 nitrogen and oxygen atoms in total. The third-order valence-corrected chi connectivity index (χ3v) is 4.03. The van der Waals surface area contributed by atoms with Crippen LogP contribution in [0.15, 0.2) is 23.7 Å². The van der Waals surface area contributed by atoms with Gasteiger partial charge in [-0.2, -0.15) is 0 Å². The van der Waals surface area contributed by atoms with Gasteiger partial charge in [0.2, 0.25) is 0 Å². The van der Waals surface area contributed by atoms with E-state index < -0.39 is 18.0 Å². The molecule has 1 fully saturated rings. The van der Waals surface area contributed by atoms with Gasteiger partial charge in [-0.15, -0.1) is 11.3 Å². The van der Waals surface area contributed by atoms with E-state index in [2.05, 4.69) is 15.6 Å². The predicted octanol–water partition coefficient (Wildman–Crippen LogP) is 2.28. The number of nitrogens with one attached hydrogen (secondary N) is 2.